The maximum absolute atomic E-state index is 12.8. The van der Waals surface area contributed by atoms with Gasteiger partial charge in [0.15, 0.2) is 0 Å². The number of hydrogen-bond acceptors (Lipinski definition) is 2. The molecule has 2 N–H and O–H groups in total. The highest BCUT2D eigenvalue weighted by Gasteiger charge is 2.33. The molecule has 1 aliphatic heterocycles. The van der Waals surface area contributed by atoms with Gasteiger partial charge >= 0.3 is 6.18 Å². The number of nitrogens with one attached hydrogen (secondary N) is 2. The number of piperidine rings is 1. The summed E-state index contributed by atoms with van der Waals surface area (Å²) in [6.45, 7) is 2.33. The van der Waals surface area contributed by atoms with E-state index in [1.54, 1.807) is 0 Å². The van der Waals surface area contributed by atoms with Crippen LogP contribution in [-0.4, -0.2) is 25.5 Å². The third-order valence-corrected chi connectivity index (χ3v) is 4.24. The number of hydrogen-bond donors (Lipinski definition) is 2. The van der Waals surface area contributed by atoms with Crippen LogP contribution in [0.3, 0.4) is 0 Å². The fourth-order valence-electron chi connectivity index (χ4n) is 2.31. The highest BCUT2D eigenvalue weighted by Crippen LogP contribution is 2.35. The van der Waals surface area contributed by atoms with E-state index >= 15 is 0 Å². The van der Waals surface area contributed by atoms with Crippen LogP contribution in [0.2, 0.25) is 0 Å². The highest BCUT2D eigenvalue weighted by atomic mass is 79.9. The van der Waals surface area contributed by atoms with E-state index in [4.69, 9.17) is 0 Å². The number of benzene rings is 1. The molecule has 0 aromatic heterocycles. The average Bonchev–Trinajstić information content (AvgIpc) is 2.45. The van der Waals surface area contributed by atoms with E-state index in [-0.39, 0.29) is 10.0 Å². The number of rotatable bonds is 3. The van der Waals surface area contributed by atoms with Crippen LogP contribution < -0.4 is 10.6 Å². The van der Waals surface area contributed by atoms with E-state index in [0.29, 0.717) is 12.5 Å². The maximum atomic E-state index is 12.8. The molecule has 0 unspecified atom stereocenters. The Labute approximate surface area is 129 Å². The molecule has 2 rings (SSSR count). The Bertz CT molecular complexity index is 513. The predicted molar refractivity (Wildman–Crippen MR) is 77.1 cm³/mol. The molecule has 21 heavy (non-hydrogen) atoms. The summed E-state index contributed by atoms with van der Waals surface area (Å²) >= 11 is 2.86. The van der Waals surface area contributed by atoms with Gasteiger partial charge < -0.3 is 10.6 Å². The Balaban J connectivity index is 2.02. The molecule has 1 fully saturated rings. The van der Waals surface area contributed by atoms with Gasteiger partial charge in [0, 0.05) is 16.6 Å². The lowest BCUT2D eigenvalue weighted by Crippen LogP contribution is -2.36. The predicted octanol–water partition coefficient (Wildman–Crippen LogP) is 3.20. The van der Waals surface area contributed by atoms with Crippen LogP contribution in [0, 0.1) is 5.92 Å². The standard InChI is InChI=1S/C14H16BrF3N2O/c15-12-2-1-10(7-11(12)14(16,17)18)13(21)20-8-9-3-5-19-6-4-9/h1-2,7,9,19H,3-6,8H2,(H,20,21). The highest BCUT2D eigenvalue weighted by molar-refractivity contribution is 9.10. The lowest BCUT2D eigenvalue weighted by Gasteiger charge is -2.22. The SMILES string of the molecule is O=C(NCC1CCNCC1)c1ccc(Br)c(C(F)(F)F)c1. The first-order valence-electron chi connectivity index (χ1n) is 6.73. The van der Waals surface area contributed by atoms with Crippen molar-refractivity contribution in [2.45, 2.75) is 19.0 Å². The first-order valence-corrected chi connectivity index (χ1v) is 7.53. The third kappa shape index (κ3) is 4.44. The molecule has 1 amide bonds. The van der Waals surface area contributed by atoms with Crippen molar-refractivity contribution in [3.8, 4) is 0 Å². The normalized spacial score (nSPS) is 16.8. The van der Waals surface area contributed by atoms with Crippen LogP contribution in [0.15, 0.2) is 22.7 Å². The largest absolute Gasteiger partial charge is 0.417 e. The number of alkyl halides is 3. The van der Waals surface area contributed by atoms with Gasteiger partial charge in [-0.1, -0.05) is 15.9 Å². The summed E-state index contributed by atoms with van der Waals surface area (Å²) in [6, 6.07) is 3.52. The zero-order chi connectivity index (χ0) is 15.5. The van der Waals surface area contributed by atoms with Crippen LogP contribution in [-0.2, 0) is 6.18 Å². The van der Waals surface area contributed by atoms with Gasteiger partial charge in [0.2, 0.25) is 0 Å². The monoisotopic (exact) mass is 364 g/mol. The van der Waals surface area contributed by atoms with Gasteiger partial charge in [-0.05, 0) is 50.0 Å². The van der Waals surface area contributed by atoms with Crippen molar-refractivity contribution in [2.75, 3.05) is 19.6 Å². The minimum absolute atomic E-state index is 0.0273. The molecular weight excluding hydrogens is 349 g/mol. The maximum Gasteiger partial charge on any atom is 0.417 e. The van der Waals surface area contributed by atoms with Gasteiger partial charge in [-0.3, -0.25) is 4.79 Å². The topological polar surface area (TPSA) is 41.1 Å². The second kappa shape index (κ2) is 6.79. The quantitative estimate of drug-likeness (QED) is 0.864. The Morgan fingerprint density at radius 2 is 2.00 bits per heavy atom. The molecule has 0 atom stereocenters. The molecule has 0 aliphatic carbocycles. The molecule has 1 heterocycles. The Morgan fingerprint density at radius 1 is 1.33 bits per heavy atom. The second-order valence-corrected chi connectivity index (χ2v) is 5.95. The summed E-state index contributed by atoms with van der Waals surface area (Å²) in [4.78, 5) is 12.0. The first-order chi connectivity index (χ1) is 9.88. The number of halogens is 4. The molecule has 0 radical (unpaired) electrons. The van der Waals surface area contributed by atoms with Crippen LogP contribution in [0.25, 0.3) is 0 Å². The van der Waals surface area contributed by atoms with Crippen LogP contribution in [0.1, 0.15) is 28.8 Å². The minimum atomic E-state index is -4.48. The molecule has 1 aromatic carbocycles. The smallest absolute Gasteiger partial charge is 0.352 e. The molecular formula is C14H16BrF3N2O. The molecule has 0 spiro atoms. The van der Waals surface area contributed by atoms with Gasteiger partial charge in [-0.15, -0.1) is 0 Å². The fraction of sp³-hybridized carbons (Fsp3) is 0.500. The molecule has 3 nitrogen and oxygen atoms in total. The van der Waals surface area contributed by atoms with Crippen molar-refractivity contribution >= 4 is 21.8 Å². The summed E-state index contributed by atoms with van der Waals surface area (Å²) in [7, 11) is 0. The van der Waals surface area contributed by atoms with Gasteiger partial charge in [0.25, 0.3) is 5.91 Å². The van der Waals surface area contributed by atoms with Gasteiger partial charge in [-0.2, -0.15) is 13.2 Å². The average molecular weight is 365 g/mol. The van der Waals surface area contributed by atoms with Gasteiger partial charge in [-0.25, -0.2) is 0 Å². The zero-order valence-electron chi connectivity index (χ0n) is 11.3. The molecule has 1 saturated heterocycles. The summed E-state index contributed by atoms with van der Waals surface area (Å²) in [5.41, 5.74) is -0.809. The van der Waals surface area contributed by atoms with E-state index in [0.717, 1.165) is 32.0 Å². The van der Waals surface area contributed by atoms with Gasteiger partial charge in [0.05, 0.1) is 5.56 Å². The van der Waals surface area contributed by atoms with Crippen molar-refractivity contribution in [1.29, 1.82) is 0 Å². The van der Waals surface area contributed by atoms with Gasteiger partial charge in [0.1, 0.15) is 0 Å². The molecule has 7 heteroatoms. The third-order valence-electron chi connectivity index (χ3n) is 3.54. The van der Waals surface area contributed by atoms with E-state index in [1.807, 2.05) is 0 Å². The van der Waals surface area contributed by atoms with Crippen molar-refractivity contribution in [1.82, 2.24) is 10.6 Å². The molecule has 1 aliphatic rings. The Hall–Kier alpha value is -1.08. The fourth-order valence-corrected chi connectivity index (χ4v) is 2.78. The van der Waals surface area contributed by atoms with E-state index < -0.39 is 17.6 Å². The van der Waals surface area contributed by atoms with Crippen molar-refractivity contribution in [3.63, 3.8) is 0 Å². The Morgan fingerprint density at radius 3 is 2.62 bits per heavy atom. The summed E-state index contributed by atoms with van der Waals surface area (Å²) < 4.78 is 38.3. The van der Waals surface area contributed by atoms with E-state index in [1.165, 1.54) is 12.1 Å². The van der Waals surface area contributed by atoms with Crippen LogP contribution >= 0.6 is 15.9 Å². The van der Waals surface area contributed by atoms with E-state index in [9.17, 15) is 18.0 Å². The van der Waals surface area contributed by atoms with Crippen molar-refractivity contribution < 1.29 is 18.0 Å². The lowest BCUT2D eigenvalue weighted by atomic mass is 9.98. The molecule has 0 saturated carbocycles. The zero-order valence-corrected chi connectivity index (χ0v) is 12.9. The van der Waals surface area contributed by atoms with E-state index in [2.05, 4.69) is 26.6 Å². The van der Waals surface area contributed by atoms with Crippen LogP contribution in [0.4, 0.5) is 13.2 Å². The lowest BCUT2D eigenvalue weighted by molar-refractivity contribution is -0.138. The van der Waals surface area contributed by atoms with Crippen LogP contribution in [0.5, 0.6) is 0 Å². The summed E-state index contributed by atoms with van der Waals surface area (Å²) in [5.74, 6) is -0.0840. The van der Waals surface area contributed by atoms with Crippen molar-refractivity contribution in [3.05, 3.63) is 33.8 Å². The number of amides is 1. The molecule has 116 valence electrons. The number of carbonyl (C=O) groups is 1. The van der Waals surface area contributed by atoms with Crippen molar-refractivity contribution in [2.24, 2.45) is 5.92 Å². The number of carbonyl (C=O) groups excluding carboxylic acids is 1. The minimum Gasteiger partial charge on any atom is -0.352 e. The molecule has 1 aromatic rings. The second-order valence-electron chi connectivity index (χ2n) is 5.10. The summed E-state index contributed by atoms with van der Waals surface area (Å²) in [5, 5.41) is 5.94. The summed E-state index contributed by atoms with van der Waals surface area (Å²) in [6.07, 6.45) is -2.55. The molecule has 0 bridgehead atoms. The first kappa shape index (κ1) is 16.3. The Kier molecular flexibility index (Phi) is 5.27.